The molecule has 0 aliphatic heterocycles. The topological polar surface area (TPSA) is 49.3 Å². The third-order valence-electron chi connectivity index (χ3n) is 2.62. The Morgan fingerprint density at radius 2 is 2.16 bits per heavy atom. The van der Waals surface area contributed by atoms with Crippen LogP contribution in [0.15, 0.2) is 23.6 Å². The first-order valence-electron chi connectivity index (χ1n) is 5.48. The van der Waals surface area contributed by atoms with E-state index < -0.39 is 17.6 Å². The number of anilines is 1. The van der Waals surface area contributed by atoms with Crippen molar-refractivity contribution in [1.29, 1.82) is 0 Å². The summed E-state index contributed by atoms with van der Waals surface area (Å²) < 4.78 is 27.2. The quantitative estimate of drug-likeness (QED) is 0.900. The molecule has 0 amide bonds. The molecule has 2 aromatic rings. The summed E-state index contributed by atoms with van der Waals surface area (Å²) in [5.74, 6) is -2.32. The first kappa shape index (κ1) is 13.5. The van der Waals surface area contributed by atoms with Crippen molar-refractivity contribution in [2.45, 2.75) is 13.5 Å². The van der Waals surface area contributed by atoms with Crippen molar-refractivity contribution in [2.24, 2.45) is 0 Å². The summed E-state index contributed by atoms with van der Waals surface area (Å²) in [5.41, 5.74) is 0.332. The molecule has 6 heteroatoms. The summed E-state index contributed by atoms with van der Waals surface area (Å²) in [6.45, 7) is 1.73. The van der Waals surface area contributed by atoms with Gasteiger partial charge in [0.15, 0.2) is 5.82 Å². The number of carbonyl (C=O) groups is 1. The second kappa shape index (κ2) is 5.36. The molecule has 1 heterocycles. The number of aryl methyl sites for hydroxylation is 1. The molecule has 3 nitrogen and oxygen atoms in total. The first-order chi connectivity index (χ1) is 8.99. The van der Waals surface area contributed by atoms with E-state index in [-0.39, 0.29) is 17.8 Å². The highest BCUT2D eigenvalue weighted by molar-refractivity contribution is 7.10. The van der Waals surface area contributed by atoms with E-state index in [9.17, 15) is 13.6 Å². The minimum absolute atomic E-state index is 0.173. The van der Waals surface area contributed by atoms with Gasteiger partial charge in [-0.05, 0) is 24.6 Å². The van der Waals surface area contributed by atoms with Gasteiger partial charge in [-0.1, -0.05) is 6.07 Å². The number of benzene rings is 1. The number of carboxylic acid groups (broad SMARTS) is 1. The lowest BCUT2D eigenvalue weighted by Crippen LogP contribution is -2.04. The zero-order chi connectivity index (χ0) is 14.0. The minimum atomic E-state index is -1.02. The van der Waals surface area contributed by atoms with Crippen LogP contribution in [0, 0.1) is 18.6 Å². The van der Waals surface area contributed by atoms with Gasteiger partial charge in [0.05, 0.1) is 5.56 Å². The van der Waals surface area contributed by atoms with Gasteiger partial charge in [0.1, 0.15) is 11.5 Å². The van der Waals surface area contributed by atoms with Gasteiger partial charge in [0, 0.05) is 16.8 Å². The fraction of sp³-hybridized carbons (Fsp3) is 0.154. The van der Waals surface area contributed by atoms with Gasteiger partial charge >= 0.3 is 5.97 Å². The summed E-state index contributed by atoms with van der Waals surface area (Å²) in [4.78, 5) is 11.4. The van der Waals surface area contributed by atoms with Gasteiger partial charge in [-0.15, -0.1) is 11.3 Å². The predicted molar refractivity (Wildman–Crippen MR) is 69.7 cm³/mol. The van der Waals surface area contributed by atoms with Crippen molar-refractivity contribution < 1.29 is 18.7 Å². The highest BCUT2D eigenvalue weighted by Crippen LogP contribution is 2.23. The molecule has 0 bridgehead atoms. The average molecular weight is 283 g/mol. The van der Waals surface area contributed by atoms with Crippen LogP contribution in [-0.4, -0.2) is 11.1 Å². The number of halogens is 2. The molecule has 0 saturated carbocycles. The second-order valence-corrected chi connectivity index (χ2v) is 5.01. The van der Waals surface area contributed by atoms with E-state index in [1.165, 1.54) is 34.9 Å². The molecule has 0 fully saturated rings. The molecular weight excluding hydrogens is 272 g/mol. The van der Waals surface area contributed by atoms with Gasteiger partial charge in [-0.3, -0.25) is 0 Å². The predicted octanol–water partition coefficient (Wildman–Crippen LogP) is 3.65. The highest BCUT2D eigenvalue weighted by atomic mass is 32.1. The standard InChI is InChI=1S/C13H11F2NO2S/c1-7-2-3-10(14)12(11(7)15)16-5-9-4-8(6-19-9)13(17)18/h2-4,6,16H,5H2,1H3,(H,17,18). The Kier molecular flexibility index (Phi) is 3.80. The van der Waals surface area contributed by atoms with Crippen LogP contribution < -0.4 is 5.32 Å². The van der Waals surface area contributed by atoms with E-state index in [4.69, 9.17) is 5.11 Å². The monoisotopic (exact) mass is 283 g/mol. The summed E-state index contributed by atoms with van der Waals surface area (Å²) >= 11 is 1.22. The third-order valence-corrected chi connectivity index (χ3v) is 3.56. The number of hydrogen-bond donors (Lipinski definition) is 2. The van der Waals surface area contributed by atoms with Crippen molar-refractivity contribution in [3.05, 3.63) is 51.2 Å². The van der Waals surface area contributed by atoms with E-state index in [1.807, 2.05) is 0 Å². The molecule has 1 aromatic carbocycles. The largest absolute Gasteiger partial charge is 0.478 e. The highest BCUT2D eigenvalue weighted by Gasteiger charge is 2.12. The fourth-order valence-electron chi connectivity index (χ4n) is 1.58. The normalized spacial score (nSPS) is 10.5. The lowest BCUT2D eigenvalue weighted by Gasteiger charge is -2.09. The van der Waals surface area contributed by atoms with E-state index in [2.05, 4.69) is 5.32 Å². The summed E-state index contributed by atoms with van der Waals surface area (Å²) in [6, 6.07) is 4.03. The Morgan fingerprint density at radius 1 is 1.42 bits per heavy atom. The number of thiophene rings is 1. The number of carboxylic acids is 1. The van der Waals surface area contributed by atoms with Crippen LogP contribution in [0.5, 0.6) is 0 Å². The minimum Gasteiger partial charge on any atom is -0.478 e. The molecule has 0 atom stereocenters. The molecule has 0 aliphatic rings. The molecule has 2 N–H and O–H groups in total. The Labute approximate surface area is 112 Å². The Bertz CT molecular complexity index is 625. The molecule has 0 saturated heterocycles. The van der Waals surface area contributed by atoms with E-state index in [1.54, 1.807) is 6.92 Å². The third kappa shape index (κ3) is 2.90. The average Bonchev–Trinajstić information content (AvgIpc) is 2.83. The fourth-order valence-corrected chi connectivity index (χ4v) is 2.38. The lowest BCUT2D eigenvalue weighted by atomic mass is 10.2. The molecular formula is C13H11F2NO2S. The van der Waals surface area contributed by atoms with Gasteiger partial charge < -0.3 is 10.4 Å². The van der Waals surface area contributed by atoms with E-state index in [0.29, 0.717) is 10.4 Å². The molecule has 0 radical (unpaired) electrons. The van der Waals surface area contributed by atoms with Crippen molar-refractivity contribution in [1.82, 2.24) is 0 Å². The molecule has 1 aromatic heterocycles. The van der Waals surface area contributed by atoms with Crippen molar-refractivity contribution in [3.63, 3.8) is 0 Å². The van der Waals surface area contributed by atoms with E-state index in [0.717, 1.165) is 0 Å². The Hall–Kier alpha value is -1.95. The van der Waals surface area contributed by atoms with Crippen molar-refractivity contribution in [2.75, 3.05) is 5.32 Å². The van der Waals surface area contributed by atoms with Crippen LogP contribution in [0.1, 0.15) is 20.8 Å². The maximum Gasteiger partial charge on any atom is 0.336 e. The number of hydrogen-bond acceptors (Lipinski definition) is 3. The van der Waals surface area contributed by atoms with Crippen molar-refractivity contribution >= 4 is 23.0 Å². The van der Waals surface area contributed by atoms with Crippen LogP contribution in [-0.2, 0) is 6.54 Å². The Balaban J connectivity index is 2.14. The number of rotatable bonds is 4. The van der Waals surface area contributed by atoms with Crippen LogP contribution in [0.25, 0.3) is 0 Å². The number of nitrogens with one attached hydrogen (secondary N) is 1. The first-order valence-corrected chi connectivity index (χ1v) is 6.36. The SMILES string of the molecule is Cc1ccc(F)c(NCc2cc(C(=O)O)cs2)c1F. The maximum absolute atomic E-state index is 13.7. The summed E-state index contributed by atoms with van der Waals surface area (Å²) in [6.07, 6.45) is 0. The van der Waals surface area contributed by atoms with Gasteiger partial charge in [0.25, 0.3) is 0 Å². The summed E-state index contributed by atoms with van der Waals surface area (Å²) in [7, 11) is 0. The zero-order valence-electron chi connectivity index (χ0n) is 10.0. The van der Waals surface area contributed by atoms with Crippen LogP contribution in [0.3, 0.4) is 0 Å². The zero-order valence-corrected chi connectivity index (χ0v) is 10.9. The van der Waals surface area contributed by atoms with Crippen molar-refractivity contribution in [3.8, 4) is 0 Å². The maximum atomic E-state index is 13.7. The van der Waals surface area contributed by atoms with Gasteiger partial charge in [-0.25, -0.2) is 13.6 Å². The molecule has 0 unspecified atom stereocenters. The summed E-state index contributed by atoms with van der Waals surface area (Å²) in [5, 5.41) is 12.9. The molecule has 2 rings (SSSR count). The molecule has 100 valence electrons. The Morgan fingerprint density at radius 3 is 2.79 bits per heavy atom. The second-order valence-electron chi connectivity index (χ2n) is 4.01. The van der Waals surface area contributed by atoms with Gasteiger partial charge in [0.2, 0.25) is 0 Å². The van der Waals surface area contributed by atoms with Crippen LogP contribution >= 0.6 is 11.3 Å². The number of aromatic carboxylic acids is 1. The molecule has 0 aliphatic carbocycles. The van der Waals surface area contributed by atoms with Crippen LogP contribution in [0.4, 0.5) is 14.5 Å². The lowest BCUT2D eigenvalue weighted by molar-refractivity contribution is 0.0697. The molecule has 19 heavy (non-hydrogen) atoms. The van der Waals surface area contributed by atoms with Crippen LogP contribution in [0.2, 0.25) is 0 Å². The van der Waals surface area contributed by atoms with E-state index >= 15 is 0 Å². The molecule has 0 spiro atoms. The van der Waals surface area contributed by atoms with Gasteiger partial charge in [-0.2, -0.15) is 0 Å². The smallest absolute Gasteiger partial charge is 0.336 e.